The van der Waals surface area contributed by atoms with Crippen LogP contribution in [0.25, 0.3) is 0 Å². The van der Waals surface area contributed by atoms with Crippen molar-refractivity contribution in [2.24, 2.45) is 16.3 Å². The van der Waals surface area contributed by atoms with Crippen molar-refractivity contribution in [3.8, 4) is 0 Å². The molecular weight excluding hydrogens is 276 g/mol. The van der Waals surface area contributed by atoms with Crippen molar-refractivity contribution >= 4 is 5.96 Å². The van der Waals surface area contributed by atoms with Gasteiger partial charge in [-0.1, -0.05) is 27.7 Å². The Balaban J connectivity index is 2.27. The number of nitrogens with zero attached hydrogens (tertiary/aromatic N) is 2. The zero-order valence-corrected chi connectivity index (χ0v) is 15.4. The van der Waals surface area contributed by atoms with E-state index in [0.29, 0.717) is 0 Å². The number of likely N-dealkylation sites (tertiary alicyclic amines) is 1. The standard InChI is InChI=1S/C17H36N4O/c1-14-8-7-10-21(13-14)11-9-19-16(18-5)20-12-15(22-6)17(2,3)4/h14-15H,7-13H2,1-6H3,(H2,18,19,20). The maximum absolute atomic E-state index is 5.57. The quantitative estimate of drug-likeness (QED) is 0.581. The van der Waals surface area contributed by atoms with E-state index in [0.717, 1.165) is 31.5 Å². The molecule has 1 heterocycles. The van der Waals surface area contributed by atoms with Gasteiger partial charge in [-0.05, 0) is 30.7 Å². The van der Waals surface area contributed by atoms with Crippen LogP contribution in [0.3, 0.4) is 0 Å². The summed E-state index contributed by atoms with van der Waals surface area (Å²) < 4.78 is 5.57. The highest BCUT2D eigenvalue weighted by Crippen LogP contribution is 2.20. The predicted molar refractivity (Wildman–Crippen MR) is 94.5 cm³/mol. The van der Waals surface area contributed by atoms with Gasteiger partial charge in [0.1, 0.15) is 0 Å². The minimum absolute atomic E-state index is 0.116. The average molecular weight is 313 g/mol. The molecule has 0 bridgehead atoms. The average Bonchev–Trinajstić information content (AvgIpc) is 2.44. The number of methoxy groups -OCH3 is 1. The van der Waals surface area contributed by atoms with Crippen LogP contribution in [0, 0.1) is 11.3 Å². The first-order valence-corrected chi connectivity index (χ1v) is 8.56. The number of hydrogen-bond donors (Lipinski definition) is 2. The Labute approximate surface area is 136 Å². The number of guanidine groups is 1. The van der Waals surface area contributed by atoms with Gasteiger partial charge in [-0.15, -0.1) is 0 Å². The maximum Gasteiger partial charge on any atom is 0.191 e. The maximum atomic E-state index is 5.57. The lowest BCUT2D eigenvalue weighted by Crippen LogP contribution is -2.47. The second kappa shape index (κ2) is 9.36. The first-order chi connectivity index (χ1) is 10.4. The normalized spacial score (nSPS) is 22.5. The number of rotatable bonds is 6. The van der Waals surface area contributed by atoms with Gasteiger partial charge < -0.3 is 20.3 Å². The number of nitrogens with one attached hydrogen (secondary N) is 2. The van der Waals surface area contributed by atoms with Gasteiger partial charge >= 0.3 is 0 Å². The van der Waals surface area contributed by atoms with Crippen LogP contribution in [0.15, 0.2) is 4.99 Å². The van der Waals surface area contributed by atoms with Gasteiger partial charge in [0.15, 0.2) is 5.96 Å². The van der Waals surface area contributed by atoms with Crippen molar-refractivity contribution in [1.29, 1.82) is 0 Å². The van der Waals surface area contributed by atoms with E-state index < -0.39 is 0 Å². The Morgan fingerprint density at radius 3 is 2.64 bits per heavy atom. The summed E-state index contributed by atoms with van der Waals surface area (Å²) in [6, 6.07) is 0. The molecule has 1 saturated heterocycles. The zero-order valence-electron chi connectivity index (χ0n) is 15.4. The molecule has 5 nitrogen and oxygen atoms in total. The van der Waals surface area contributed by atoms with Crippen LogP contribution in [-0.4, -0.2) is 63.8 Å². The molecule has 130 valence electrons. The van der Waals surface area contributed by atoms with Crippen LogP contribution in [-0.2, 0) is 4.74 Å². The Bertz CT molecular complexity index is 338. The molecular formula is C17H36N4O. The lowest BCUT2D eigenvalue weighted by Gasteiger charge is -2.31. The lowest BCUT2D eigenvalue weighted by molar-refractivity contribution is 0.0205. The van der Waals surface area contributed by atoms with Crippen LogP contribution in [0.4, 0.5) is 0 Å². The topological polar surface area (TPSA) is 48.9 Å². The molecule has 0 radical (unpaired) electrons. The summed E-state index contributed by atoms with van der Waals surface area (Å²) in [5.41, 5.74) is 0.116. The molecule has 0 aliphatic carbocycles. The van der Waals surface area contributed by atoms with Crippen LogP contribution >= 0.6 is 0 Å². The molecule has 2 atom stereocenters. The van der Waals surface area contributed by atoms with E-state index in [9.17, 15) is 0 Å². The molecule has 0 amide bonds. The number of hydrogen-bond acceptors (Lipinski definition) is 3. The molecule has 0 aromatic rings. The fraction of sp³-hybridized carbons (Fsp3) is 0.941. The predicted octanol–water partition coefficient (Wildman–Crippen LogP) is 1.94. The van der Waals surface area contributed by atoms with Crippen molar-refractivity contribution in [2.45, 2.75) is 46.6 Å². The highest BCUT2D eigenvalue weighted by Gasteiger charge is 2.24. The minimum atomic E-state index is 0.116. The molecule has 1 fully saturated rings. The molecule has 22 heavy (non-hydrogen) atoms. The van der Waals surface area contributed by atoms with Crippen molar-refractivity contribution in [3.63, 3.8) is 0 Å². The van der Waals surface area contributed by atoms with Crippen molar-refractivity contribution < 1.29 is 4.74 Å². The molecule has 1 aliphatic heterocycles. The number of aliphatic imine (C=N–C) groups is 1. The van der Waals surface area contributed by atoms with Gasteiger partial charge in [-0.2, -0.15) is 0 Å². The molecule has 0 saturated carbocycles. The summed E-state index contributed by atoms with van der Waals surface area (Å²) in [7, 11) is 3.59. The minimum Gasteiger partial charge on any atom is -0.379 e. The summed E-state index contributed by atoms with van der Waals surface area (Å²) in [5.74, 6) is 1.69. The fourth-order valence-electron chi connectivity index (χ4n) is 2.98. The van der Waals surface area contributed by atoms with E-state index in [2.05, 4.69) is 48.2 Å². The van der Waals surface area contributed by atoms with Crippen LogP contribution in [0.5, 0.6) is 0 Å². The summed E-state index contributed by atoms with van der Waals surface area (Å²) in [4.78, 5) is 6.84. The monoisotopic (exact) mass is 312 g/mol. The fourth-order valence-corrected chi connectivity index (χ4v) is 2.98. The Kier molecular flexibility index (Phi) is 8.18. The van der Waals surface area contributed by atoms with Gasteiger partial charge in [0.05, 0.1) is 6.10 Å². The number of piperidine rings is 1. The van der Waals surface area contributed by atoms with Crippen LogP contribution in [0.2, 0.25) is 0 Å². The molecule has 5 heteroatoms. The van der Waals surface area contributed by atoms with E-state index >= 15 is 0 Å². The Morgan fingerprint density at radius 2 is 2.09 bits per heavy atom. The lowest BCUT2D eigenvalue weighted by atomic mass is 9.89. The molecule has 1 rings (SSSR count). The van der Waals surface area contributed by atoms with Crippen molar-refractivity contribution in [1.82, 2.24) is 15.5 Å². The smallest absolute Gasteiger partial charge is 0.191 e. The molecule has 2 unspecified atom stereocenters. The van der Waals surface area contributed by atoms with Gasteiger partial charge in [-0.25, -0.2) is 0 Å². The Hall–Kier alpha value is -0.810. The summed E-state index contributed by atoms with van der Waals surface area (Å²) in [5, 5.41) is 6.77. The zero-order chi connectivity index (χ0) is 16.6. The van der Waals surface area contributed by atoms with E-state index in [-0.39, 0.29) is 11.5 Å². The summed E-state index contributed by atoms with van der Waals surface area (Å²) in [6.07, 6.45) is 2.86. The van der Waals surface area contributed by atoms with Gasteiger partial charge in [-0.3, -0.25) is 4.99 Å². The van der Waals surface area contributed by atoms with Crippen LogP contribution in [0.1, 0.15) is 40.5 Å². The third-order valence-electron chi connectivity index (χ3n) is 4.39. The molecule has 0 spiro atoms. The van der Waals surface area contributed by atoms with Crippen molar-refractivity contribution in [2.75, 3.05) is 46.9 Å². The SMILES string of the molecule is CN=C(NCCN1CCCC(C)C1)NCC(OC)C(C)(C)C. The summed E-state index contributed by atoms with van der Waals surface area (Å²) in [6.45, 7) is 14.1. The van der Waals surface area contributed by atoms with Crippen molar-refractivity contribution in [3.05, 3.63) is 0 Å². The second-order valence-corrected chi connectivity index (χ2v) is 7.52. The second-order valence-electron chi connectivity index (χ2n) is 7.52. The summed E-state index contributed by atoms with van der Waals surface area (Å²) >= 11 is 0. The molecule has 2 N–H and O–H groups in total. The van der Waals surface area contributed by atoms with E-state index in [1.54, 1.807) is 7.11 Å². The largest absolute Gasteiger partial charge is 0.379 e. The van der Waals surface area contributed by atoms with Gasteiger partial charge in [0.25, 0.3) is 0 Å². The van der Waals surface area contributed by atoms with Crippen LogP contribution < -0.4 is 10.6 Å². The highest BCUT2D eigenvalue weighted by molar-refractivity contribution is 5.79. The third kappa shape index (κ3) is 6.97. The van der Waals surface area contributed by atoms with Gasteiger partial charge in [0, 0.05) is 40.3 Å². The molecule has 1 aliphatic rings. The molecule has 0 aromatic carbocycles. The first-order valence-electron chi connectivity index (χ1n) is 8.56. The number of ether oxygens (including phenoxy) is 1. The van der Waals surface area contributed by atoms with E-state index in [1.165, 1.54) is 25.9 Å². The van der Waals surface area contributed by atoms with E-state index in [1.807, 2.05) is 7.05 Å². The third-order valence-corrected chi connectivity index (χ3v) is 4.39. The molecule has 0 aromatic heterocycles. The van der Waals surface area contributed by atoms with E-state index in [4.69, 9.17) is 4.74 Å². The Morgan fingerprint density at radius 1 is 1.36 bits per heavy atom. The highest BCUT2D eigenvalue weighted by atomic mass is 16.5. The first kappa shape index (κ1) is 19.2. The van der Waals surface area contributed by atoms with Gasteiger partial charge in [0.2, 0.25) is 0 Å².